The van der Waals surface area contributed by atoms with E-state index < -0.39 is 11.7 Å². The minimum atomic E-state index is -3.71. The molecule has 1 N–H and O–H groups in total. The normalized spacial score (nSPS) is 15.5. The van der Waals surface area contributed by atoms with E-state index in [1.165, 1.54) is 12.1 Å². The van der Waals surface area contributed by atoms with Crippen LogP contribution in [0.25, 0.3) is 16.7 Å². The van der Waals surface area contributed by atoms with Crippen molar-refractivity contribution in [2.24, 2.45) is 0 Å². The first kappa shape index (κ1) is 28.5. The van der Waals surface area contributed by atoms with E-state index in [0.717, 1.165) is 11.1 Å². The van der Waals surface area contributed by atoms with E-state index >= 15 is 0 Å². The number of terminal acetylenes is 1. The molecule has 1 amide bonds. The molecule has 0 unspecified atom stereocenters. The summed E-state index contributed by atoms with van der Waals surface area (Å²) in [7, 11) is 0. The van der Waals surface area contributed by atoms with Gasteiger partial charge in [0.15, 0.2) is 11.5 Å². The van der Waals surface area contributed by atoms with Gasteiger partial charge < -0.3 is 29.8 Å². The van der Waals surface area contributed by atoms with Gasteiger partial charge in [0.05, 0.1) is 11.1 Å². The summed E-state index contributed by atoms with van der Waals surface area (Å²) in [5, 5.41) is 2.89. The molecule has 0 bridgehead atoms. The van der Waals surface area contributed by atoms with Gasteiger partial charge in [-0.2, -0.15) is 0 Å². The van der Waals surface area contributed by atoms with Gasteiger partial charge in [0.1, 0.15) is 18.2 Å². The zero-order valence-corrected chi connectivity index (χ0v) is 23.8. The monoisotopic (exact) mass is 704 g/mol. The molecular weight excluding hydrogens is 680 g/mol. The van der Waals surface area contributed by atoms with Crippen LogP contribution in [0.3, 0.4) is 0 Å². The molecule has 2 heterocycles. The first-order valence-electron chi connectivity index (χ1n) is 11.9. The molecule has 0 spiro atoms. The topological polar surface area (TPSA) is 93.0 Å². The number of amides is 1. The summed E-state index contributed by atoms with van der Waals surface area (Å²) >= 11 is 0. The number of benzene rings is 2. The van der Waals surface area contributed by atoms with Gasteiger partial charge in [0.2, 0.25) is 5.91 Å². The quantitative estimate of drug-likeness (QED) is 0.174. The average Bonchev–Trinajstić information content (AvgIpc) is 3.64. The van der Waals surface area contributed by atoms with E-state index in [1.54, 1.807) is 24.3 Å². The number of pyridine rings is 1. The number of nitrogens with zero attached hydrogens (tertiary/aromatic N) is 2. The number of aryl methyl sites for hydroxylation is 1. The van der Waals surface area contributed by atoms with Crippen molar-refractivity contribution in [2.75, 3.05) is 25.1 Å². The number of aromatic nitrogens is 1. The Hall–Kier alpha value is -3.51. The fourth-order valence-electron chi connectivity index (χ4n) is 4.20. The molecule has 39 heavy (non-hydrogen) atoms. The maximum absolute atomic E-state index is 13.4. The number of carbonyl (C=O) groups excluding carboxylic acids is 1. The summed E-state index contributed by atoms with van der Waals surface area (Å²) in [6.45, 7) is 2.82. The first-order valence-corrected chi connectivity index (χ1v) is 11.9. The molecular formula is C28H24F2N3O5W-. The van der Waals surface area contributed by atoms with E-state index in [9.17, 15) is 13.6 Å². The molecule has 1 aliphatic carbocycles. The molecule has 2 aliphatic rings. The first-order chi connectivity index (χ1) is 18.3. The Labute approximate surface area is 238 Å². The summed E-state index contributed by atoms with van der Waals surface area (Å²) < 4.78 is 41.0. The second kappa shape index (κ2) is 11.7. The van der Waals surface area contributed by atoms with Crippen LogP contribution in [0, 0.1) is 19.3 Å². The van der Waals surface area contributed by atoms with Gasteiger partial charge in [-0.25, -0.2) is 4.98 Å². The van der Waals surface area contributed by atoms with Gasteiger partial charge in [-0.3, -0.25) is 4.79 Å². The summed E-state index contributed by atoms with van der Waals surface area (Å²) in [5.41, 5.74) is 6.08. The Morgan fingerprint density at radius 2 is 1.95 bits per heavy atom. The number of alkyl halides is 2. The van der Waals surface area contributed by atoms with Gasteiger partial charge in [-0.15, -0.1) is 15.2 Å². The average molecular weight is 704 g/mol. The van der Waals surface area contributed by atoms with E-state index in [2.05, 4.69) is 31.2 Å². The minimum Gasteiger partial charge on any atom is -0.587 e. The Morgan fingerprint density at radius 3 is 2.72 bits per heavy atom. The maximum atomic E-state index is 13.4. The van der Waals surface area contributed by atoms with Crippen LogP contribution in [0.5, 0.6) is 17.2 Å². The fraction of sp³-hybridized carbons (Fsp3) is 0.286. The van der Waals surface area contributed by atoms with Gasteiger partial charge in [0, 0.05) is 33.2 Å². The molecule has 1 fully saturated rings. The van der Waals surface area contributed by atoms with Crippen molar-refractivity contribution in [3.63, 3.8) is 0 Å². The third-order valence-electron chi connectivity index (χ3n) is 6.27. The van der Waals surface area contributed by atoms with Crippen molar-refractivity contribution in [1.29, 1.82) is 0 Å². The number of rotatable bonds is 10. The number of ether oxygens (including phenoxy) is 3. The van der Waals surface area contributed by atoms with Crippen molar-refractivity contribution in [3.8, 4) is 40.8 Å². The Kier molecular flexibility index (Phi) is 8.55. The zero-order chi connectivity index (χ0) is 26.8. The molecule has 1 saturated carbocycles. The number of nitrogens with one attached hydrogen (secondary N) is 1. The van der Waals surface area contributed by atoms with E-state index in [1.807, 2.05) is 25.1 Å². The molecule has 11 heteroatoms. The molecule has 3 aromatic rings. The SMILES string of the molecule is C#CCOCC[N-]Oc1cccc(-c2nc(NC(=O)C3(c4ccc5c(c4)OC(F)(F)O5)CC3)ccc2C)c1.[W]. The van der Waals surface area contributed by atoms with Crippen molar-refractivity contribution < 1.29 is 53.7 Å². The molecule has 0 saturated heterocycles. The van der Waals surface area contributed by atoms with Crippen LogP contribution >= 0.6 is 0 Å². The summed E-state index contributed by atoms with van der Waals surface area (Å²) in [5.74, 6) is 2.87. The van der Waals surface area contributed by atoms with Crippen LogP contribution in [-0.4, -0.2) is 36.9 Å². The van der Waals surface area contributed by atoms with Gasteiger partial charge >= 0.3 is 6.29 Å². The van der Waals surface area contributed by atoms with Crippen LogP contribution < -0.4 is 19.6 Å². The number of hydroxylamine groups is 1. The number of fused-ring (bicyclic) bond motifs is 1. The van der Waals surface area contributed by atoms with Gasteiger partial charge in [0.25, 0.3) is 0 Å². The molecule has 0 atom stereocenters. The van der Waals surface area contributed by atoms with E-state index in [4.69, 9.17) is 16.0 Å². The summed E-state index contributed by atoms with van der Waals surface area (Å²) in [4.78, 5) is 23.4. The third-order valence-corrected chi connectivity index (χ3v) is 6.27. The Bertz CT molecular complexity index is 1410. The third kappa shape index (κ3) is 6.39. The van der Waals surface area contributed by atoms with Crippen molar-refractivity contribution in [2.45, 2.75) is 31.5 Å². The summed E-state index contributed by atoms with van der Waals surface area (Å²) in [6.07, 6.45) is 2.57. The van der Waals surface area contributed by atoms with E-state index in [0.29, 0.717) is 48.8 Å². The van der Waals surface area contributed by atoms with Crippen LogP contribution in [0.4, 0.5) is 14.6 Å². The summed E-state index contributed by atoms with van der Waals surface area (Å²) in [6, 6.07) is 15.3. The molecule has 1 aliphatic heterocycles. The largest absolute Gasteiger partial charge is 0.587 e. The number of halogens is 2. The molecule has 0 radical (unpaired) electrons. The molecule has 2 aromatic carbocycles. The van der Waals surface area contributed by atoms with Crippen LogP contribution in [0.2, 0.25) is 0 Å². The molecule has 1 aromatic heterocycles. The Morgan fingerprint density at radius 1 is 1.15 bits per heavy atom. The molecule has 5 rings (SSSR count). The zero-order valence-electron chi connectivity index (χ0n) is 20.9. The van der Waals surface area contributed by atoms with Crippen molar-refractivity contribution in [3.05, 3.63) is 71.2 Å². The van der Waals surface area contributed by atoms with Gasteiger partial charge in [-0.1, -0.05) is 36.7 Å². The predicted octanol–water partition coefficient (Wildman–Crippen LogP) is 5.36. The van der Waals surface area contributed by atoms with Crippen LogP contribution in [-0.2, 0) is 36.0 Å². The second-order valence-corrected chi connectivity index (χ2v) is 8.96. The molecule has 8 nitrogen and oxygen atoms in total. The molecule has 202 valence electrons. The van der Waals surface area contributed by atoms with Crippen molar-refractivity contribution >= 4 is 11.7 Å². The van der Waals surface area contributed by atoms with Crippen LogP contribution in [0.15, 0.2) is 54.6 Å². The smallest absolute Gasteiger partial charge is 0.586 e. The number of hydrogen-bond donors (Lipinski definition) is 1. The fourth-order valence-corrected chi connectivity index (χ4v) is 4.20. The van der Waals surface area contributed by atoms with Crippen LogP contribution in [0.1, 0.15) is 24.0 Å². The Balaban J connectivity index is 0.00000353. The van der Waals surface area contributed by atoms with Gasteiger partial charge in [-0.05, 0) is 61.2 Å². The standard InChI is InChI=1S/C28H24F2N3O5.W/c1-3-14-35-15-13-31-38-21-6-4-5-19(16-21)25-18(2)7-10-24(32-25)33-26(34)27(11-12-27)20-8-9-22-23(17-20)37-28(29,30)36-22;/h1,4-10,16-17H,11-15H2,2H3,(H,32,33,34);/q-1;. The van der Waals surface area contributed by atoms with E-state index in [-0.39, 0.29) is 45.1 Å². The minimum absolute atomic E-state index is 0. The number of carbonyl (C=O) groups is 1. The predicted molar refractivity (Wildman–Crippen MR) is 135 cm³/mol. The number of hydrogen-bond acceptors (Lipinski definition) is 6. The maximum Gasteiger partial charge on any atom is 0.586 e. The second-order valence-electron chi connectivity index (χ2n) is 8.96. The number of anilines is 1. The van der Waals surface area contributed by atoms with Crippen molar-refractivity contribution in [1.82, 2.24) is 4.98 Å².